The van der Waals surface area contributed by atoms with E-state index in [-0.39, 0.29) is 5.91 Å². The first kappa shape index (κ1) is 16.8. The van der Waals surface area contributed by atoms with Gasteiger partial charge in [0.05, 0.1) is 6.20 Å². The Kier molecular flexibility index (Phi) is 5.09. The molecule has 22 heavy (non-hydrogen) atoms. The van der Waals surface area contributed by atoms with Crippen molar-refractivity contribution in [2.75, 3.05) is 24.0 Å². The van der Waals surface area contributed by atoms with Gasteiger partial charge in [-0.15, -0.1) is 10.2 Å². The molecule has 0 aliphatic carbocycles. The zero-order valence-electron chi connectivity index (χ0n) is 12.4. The van der Waals surface area contributed by atoms with E-state index in [2.05, 4.69) is 15.2 Å². The van der Waals surface area contributed by atoms with Crippen LogP contribution in [0.2, 0.25) is 0 Å². The molecule has 2 heterocycles. The van der Waals surface area contributed by atoms with Crippen molar-refractivity contribution in [3.63, 3.8) is 0 Å². The first-order chi connectivity index (χ1) is 10.3. The van der Waals surface area contributed by atoms with Crippen LogP contribution in [0.5, 0.6) is 0 Å². The Morgan fingerprint density at radius 3 is 2.86 bits per heavy atom. The fourth-order valence-corrected chi connectivity index (χ4v) is 3.34. The average Bonchev–Trinajstić information content (AvgIpc) is 2.95. The first-order valence-electron chi connectivity index (χ1n) is 6.35. The summed E-state index contributed by atoms with van der Waals surface area (Å²) in [7, 11) is 1.60. The standard InChI is InChI=1S/C13H16FN5OS2/c1-13(15,7-21-3)11(20)19(2)12-18-17-10(22-12)8-4-9(14)6-16-5-8/h4-6H,7,15H2,1-3H3. The van der Waals surface area contributed by atoms with Crippen LogP contribution in [0.1, 0.15) is 6.92 Å². The number of likely N-dealkylation sites (N-methyl/N-ethyl adjacent to an activating group) is 1. The van der Waals surface area contributed by atoms with Gasteiger partial charge in [0, 0.05) is 24.6 Å². The molecule has 0 aliphatic heterocycles. The fourth-order valence-electron chi connectivity index (χ4n) is 1.83. The van der Waals surface area contributed by atoms with Gasteiger partial charge in [0.25, 0.3) is 0 Å². The lowest BCUT2D eigenvalue weighted by molar-refractivity contribution is -0.122. The number of halogens is 1. The van der Waals surface area contributed by atoms with Crippen molar-refractivity contribution >= 4 is 34.1 Å². The molecule has 9 heteroatoms. The lowest BCUT2D eigenvalue weighted by Gasteiger charge is -2.26. The van der Waals surface area contributed by atoms with E-state index in [1.165, 1.54) is 40.3 Å². The Balaban J connectivity index is 2.22. The largest absolute Gasteiger partial charge is 0.317 e. The van der Waals surface area contributed by atoms with Gasteiger partial charge in [0.1, 0.15) is 11.4 Å². The number of pyridine rings is 1. The van der Waals surface area contributed by atoms with E-state index in [4.69, 9.17) is 5.73 Å². The molecule has 0 radical (unpaired) electrons. The quantitative estimate of drug-likeness (QED) is 0.892. The molecule has 0 spiro atoms. The topological polar surface area (TPSA) is 85.0 Å². The lowest BCUT2D eigenvalue weighted by atomic mass is 10.1. The number of amides is 1. The van der Waals surface area contributed by atoms with Crippen LogP contribution < -0.4 is 10.6 Å². The van der Waals surface area contributed by atoms with Crippen molar-refractivity contribution in [1.82, 2.24) is 15.2 Å². The van der Waals surface area contributed by atoms with Crippen LogP contribution in [0, 0.1) is 5.82 Å². The van der Waals surface area contributed by atoms with Gasteiger partial charge >= 0.3 is 0 Å². The van der Waals surface area contributed by atoms with Gasteiger partial charge in [-0.2, -0.15) is 11.8 Å². The zero-order valence-corrected chi connectivity index (χ0v) is 14.0. The maximum atomic E-state index is 13.2. The molecule has 1 atom stereocenters. The van der Waals surface area contributed by atoms with E-state index in [9.17, 15) is 9.18 Å². The van der Waals surface area contributed by atoms with Gasteiger partial charge in [-0.1, -0.05) is 11.3 Å². The van der Waals surface area contributed by atoms with E-state index in [1.54, 1.807) is 14.0 Å². The molecule has 2 aromatic heterocycles. The minimum atomic E-state index is -0.986. The normalized spacial score (nSPS) is 13.7. The maximum absolute atomic E-state index is 13.2. The van der Waals surface area contributed by atoms with Gasteiger partial charge in [-0.25, -0.2) is 4.39 Å². The number of anilines is 1. The number of carbonyl (C=O) groups excluding carboxylic acids is 1. The molecule has 1 amide bonds. The summed E-state index contributed by atoms with van der Waals surface area (Å²) in [6.45, 7) is 1.68. The van der Waals surface area contributed by atoms with Crippen LogP contribution in [0.3, 0.4) is 0 Å². The molecule has 6 nitrogen and oxygen atoms in total. The van der Waals surface area contributed by atoms with Crippen molar-refractivity contribution in [1.29, 1.82) is 0 Å². The molecule has 0 bridgehead atoms. The number of hydrogen-bond acceptors (Lipinski definition) is 7. The number of rotatable bonds is 5. The summed E-state index contributed by atoms with van der Waals surface area (Å²) in [5.41, 5.74) is 5.56. The zero-order chi connectivity index (χ0) is 16.3. The molecule has 0 fully saturated rings. The second-order valence-electron chi connectivity index (χ2n) is 5.00. The molecular weight excluding hydrogens is 325 g/mol. The molecular formula is C13H16FN5OS2. The van der Waals surface area contributed by atoms with Crippen molar-refractivity contribution in [2.24, 2.45) is 5.73 Å². The third kappa shape index (κ3) is 3.60. The summed E-state index contributed by atoms with van der Waals surface area (Å²) in [5.74, 6) is -0.203. The Labute approximate surface area is 135 Å². The van der Waals surface area contributed by atoms with Crippen LogP contribution in [-0.4, -0.2) is 45.7 Å². The predicted octanol–water partition coefficient (Wildman–Crippen LogP) is 1.78. The summed E-state index contributed by atoms with van der Waals surface area (Å²) in [5, 5.41) is 8.85. The molecule has 0 saturated carbocycles. The highest BCUT2D eigenvalue weighted by atomic mass is 32.2. The van der Waals surface area contributed by atoms with E-state index in [1.807, 2.05) is 6.26 Å². The molecule has 2 rings (SSSR count). The van der Waals surface area contributed by atoms with Gasteiger partial charge in [0.15, 0.2) is 5.01 Å². The molecule has 118 valence electrons. The highest BCUT2D eigenvalue weighted by Gasteiger charge is 2.32. The minimum Gasteiger partial charge on any atom is -0.317 e. The number of thioether (sulfide) groups is 1. The summed E-state index contributed by atoms with van der Waals surface area (Å²) in [4.78, 5) is 17.6. The number of aromatic nitrogens is 3. The van der Waals surface area contributed by atoms with Crippen LogP contribution in [0.25, 0.3) is 10.6 Å². The monoisotopic (exact) mass is 341 g/mol. The smallest absolute Gasteiger partial charge is 0.249 e. The van der Waals surface area contributed by atoms with Crippen LogP contribution in [0.4, 0.5) is 9.52 Å². The summed E-state index contributed by atoms with van der Waals surface area (Å²) in [6, 6.07) is 1.32. The Morgan fingerprint density at radius 2 is 2.23 bits per heavy atom. The fraction of sp³-hybridized carbons (Fsp3) is 0.385. The van der Waals surface area contributed by atoms with Crippen LogP contribution >= 0.6 is 23.1 Å². The molecule has 1 unspecified atom stereocenters. The second-order valence-corrected chi connectivity index (χ2v) is 6.82. The lowest BCUT2D eigenvalue weighted by Crippen LogP contribution is -2.54. The summed E-state index contributed by atoms with van der Waals surface area (Å²) >= 11 is 2.68. The van der Waals surface area contributed by atoms with Crippen LogP contribution in [-0.2, 0) is 4.79 Å². The Bertz CT molecular complexity index is 676. The summed E-state index contributed by atoms with van der Waals surface area (Å²) < 4.78 is 13.2. The van der Waals surface area contributed by atoms with Gasteiger partial charge in [-0.3, -0.25) is 14.7 Å². The highest BCUT2D eigenvalue weighted by Crippen LogP contribution is 2.29. The van der Waals surface area contributed by atoms with Crippen molar-refractivity contribution in [2.45, 2.75) is 12.5 Å². The van der Waals surface area contributed by atoms with E-state index < -0.39 is 11.4 Å². The third-order valence-corrected chi connectivity index (χ3v) is 4.83. The number of hydrogen-bond donors (Lipinski definition) is 1. The van der Waals surface area contributed by atoms with Crippen LogP contribution in [0.15, 0.2) is 18.5 Å². The average molecular weight is 341 g/mol. The number of carbonyl (C=O) groups is 1. The van der Waals surface area contributed by atoms with Gasteiger partial charge in [0.2, 0.25) is 11.0 Å². The minimum absolute atomic E-state index is 0.248. The van der Waals surface area contributed by atoms with Gasteiger partial charge in [-0.05, 0) is 19.2 Å². The predicted molar refractivity (Wildman–Crippen MR) is 87.5 cm³/mol. The Hall–Kier alpha value is -1.58. The van der Waals surface area contributed by atoms with Crippen molar-refractivity contribution in [3.8, 4) is 10.6 Å². The molecule has 2 aromatic rings. The van der Waals surface area contributed by atoms with Crippen molar-refractivity contribution < 1.29 is 9.18 Å². The SMILES string of the molecule is CSCC(C)(N)C(=O)N(C)c1nnc(-c2cncc(F)c2)s1. The number of nitrogens with two attached hydrogens (primary N) is 1. The molecule has 0 aliphatic rings. The maximum Gasteiger partial charge on any atom is 0.249 e. The Morgan fingerprint density at radius 1 is 1.50 bits per heavy atom. The van der Waals surface area contributed by atoms with E-state index >= 15 is 0 Å². The molecule has 2 N–H and O–H groups in total. The third-order valence-electron chi connectivity index (χ3n) is 2.89. The molecule has 0 saturated heterocycles. The highest BCUT2D eigenvalue weighted by molar-refractivity contribution is 7.98. The second kappa shape index (κ2) is 6.67. The van der Waals surface area contributed by atoms with E-state index in [0.29, 0.717) is 21.5 Å². The van der Waals surface area contributed by atoms with Crippen molar-refractivity contribution in [3.05, 3.63) is 24.3 Å². The van der Waals surface area contributed by atoms with E-state index in [0.717, 1.165) is 6.20 Å². The molecule has 0 aromatic carbocycles. The summed E-state index contributed by atoms with van der Waals surface area (Å²) in [6.07, 6.45) is 4.50. The van der Waals surface area contributed by atoms with Gasteiger partial charge < -0.3 is 5.73 Å². The first-order valence-corrected chi connectivity index (χ1v) is 8.56. The number of nitrogens with zero attached hydrogens (tertiary/aromatic N) is 4.